The normalized spacial score (nSPS) is 16.9. The van der Waals surface area contributed by atoms with Crippen molar-refractivity contribution in [3.63, 3.8) is 0 Å². The van der Waals surface area contributed by atoms with Crippen LogP contribution in [-0.2, 0) is 0 Å². The standard InChI is InChI=1S/C18H16N4O3S/c19-12-8-7-11(10-15(12)22(24)25)18(23)21-9-3-5-14(21)17-20-13-4-1-2-6-16(13)26-17/h1-2,4,6-8,10,14H,3,5,9,19H2. The largest absolute Gasteiger partial charge is 0.393 e. The van der Waals surface area contributed by atoms with Crippen molar-refractivity contribution in [3.05, 3.63) is 63.1 Å². The van der Waals surface area contributed by atoms with Gasteiger partial charge in [0.2, 0.25) is 0 Å². The molecule has 0 saturated carbocycles. The topological polar surface area (TPSA) is 102 Å². The van der Waals surface area contributed by atoms with Crippen molar-refractivity contribution in [2.24, 2.45) is 0 Å². The Bertz CT molecular complexity index is 984. The monoisotopic (exact) mass is 368 g/mol. The summed E-state index contributed by atoms with van der Waals surface area (Å²) >= 11 is 1.59. The van der Waals surface area contributed by atoms with E-state index in [0.29, 0.717) is 6.54 Å². The predicted molar refractivity (Wildman–Crippen MR) is 100 cm³/mol. The van der Waals surface area contributed by atoms with Crippen molar-refractivity contribution >= 4 is 38.8 Å². The summed E-state index contributed by atoms with van der Waals surface area (Å²) < 4.78 is 1.09. The van der Waals surface area contributed by atoms with E-state index < -0.39 is 4.92 Å². The molecule has 1 aromatic heterocycles. The number of fused-ring (bicyclic) bond motifs is 1. The minimum atomic E-state index is -0.568. The second kappa shape index (κ2) is 6.38. The Kier molecular flexibility index (Phi) is 4.04. The fourth-order valence-corrected chi connectivity index (χ4v) is 4.42. The zero-order valence-corrected chi connectivity index (χ0v) is 14.6. The van der Waals surface area contributed by atoms with Crippen molar-refractivity contribution < 1.29 is 9.72 Å². The summed E-state index contributed by atoms with van der Waals surface area (Å²) in [7, 11) is 0. The number of amides is 1. The van der Waals surface area contributed by atoms with Gasteiger partial charge in [-0.3, -0.25) is 14.9 Å². The number of nitrogen functional groups attached to an aromatic ring is 1. The van der Waals surface area contributed by atoms with Crippen LogP contribution in [0.3, 0.4) is 0 Å². The van der Waals surface area contributed by atoms with Crippen LogP contribution in [0.4, 0.5) is 11.4 Å². The number of likely N-dealkylation sites (tertiary alicyclic amines) is 1. The molecule has 0 bridgehead atoms. The van der Waals surface area contributed by atoms with Gasteiger partial charge in [-0.1, -0.05) is 12.1 Å². The molecule has 1 atom stereocenters. The molecule has 132 valence electrons. The number of para-hydroxylation sites is 1. The molecule has 0 spiro atoms. The average molecular weight is 368 g/mol. The van der Waals surface area contributed by atoms with Crippen molar-refractivity contribution in [2.45, 2.75) is 18.9 Å². The Balaban J connectivity index is 1.67. The summed E-state index contributed by atoms with van der Waals surface area (Å²) in [6.45, 7) is 0.609. The Morgan fingerprint density at radius 2 is 2.12 bits per heavy atom. The molecule has 2 aromatic carbocycles. The third-order valence-corrected chi connectivity index (χ3v) is 5.72. The van der Waals surface area contributed by atoms with Gasteiger partial charge in [0.15, 0.2) is 0 Å². The minimum Gasteiger partial charge on any atom is -0.393 e. The maximum Gasteiger partial charge on any atom is 0.292 e. The lowest BCUT2D eigenvalue weighted by Gasteiger charge is -2.23. The Morgan fingerprint density at radius 1 is 1.31 bits per heavy atom. The number of aromatic nitrogens is 1. The van der Waals surface area contributed by atoms with E-state index in [1.54, 1.807) is 22.3 Å². The number of thiazole rings is 1. The first kappa shape index (κ1) is 16.5. The van der Waals surface area contributed by atoms with Gasteiger partial charge < -0.3 is 10.6 Å². The molecule has 2 N–H and O–H groups in total. The average Bonchev–Trinajstić information content (AvgIpc) is 3.27. The molecule has 0 radical (unpaired) electrons. The molecule has 1 fully saturated rings. The second-order valence-electron chi connectivity index (χ2n) is 6.21. The number of rotatable bonds is 3. The molecule has 1 unspecified atom stereocenters. The number of hydrogen-bond donors (Lipinski definition) is 1. The van der Waals surface area contributed by atoms with Crippen LogP contribution in [0.5, 0.6) is 0 Å². The van der Waals surface area contributed by atoms with Crippen LogP contribution < -0.4 is 5.73 Å². The number of carbonyl (C=O) groups excluding carboxylic acids is 1. The van der Waals surface area contributed by atoms with Crippen LogP contribution in [0, 0.1) is 10.1 Å². The van der Waals surface area contributed by atoms with E-state index >= 15 is 0 Å². The lowest BCUT2D eigenvalue weighted by Crippen LogP contribution is -2.30. The van der Waals surface area contributed by atoms with E-state index in [-0.39, 0.29) is 28.9 Å². The summed E-state index contributed by atoms with van der Waals surface area (Å²) in [5, 5.41) is 12.0. The Morgan fingerprint density at radius 3 is 2.88 bits per heavy atom. The number of nitro benzene ring substituents is 1. The van der Waals surface area contributed by atoms with Crippen LogP contribution in [0.1, 0.15) is 34.2 Å². The number of nitrogens with zero attached hydrogens (tertiary/aromatic N) is 3. The molecule has 1 aliphatic heterocycles. The van der Waals surface area contributed by atoms with Gasteiger partial charge in [-0.2, -0.15) is 0 Å². The molecular formula is C18H16N4O3S. The van der Waals surface area contributed by atoms with E-state index in [9.17, 15) is 14.9 Å². The van der Waals surface area contributed by atoms with E-state index in [1.165, 1.54) is 12.1 Å². The van der Waals surface area contributed by atoms with Crippen molar-refractivity contribution in [2.75, 3.05) is 12.3 Å². The van der Waals surface area contributed by atoms with Crippen LogP contribution in [-0.4, -0.2) is 27.3 Å². The minimum absolute atomic E-state index is 0.0516. The molecule has 7 nitrogen and oxygen atoms in total. The highest BCUT2D eigenvalue weighted by Crippen LogP contribution is 2.37. The molecule has 26 heavy (non-hydrogen) atoms. The molecule has 0 aliphatic carbocycles. The number of anilines is 1. The first-order valence-corrected chi connectivity index (χ1v) is 9.06. The van der Waals surface area contributed by atoms with Crippen LogP contribution in [0.2, 0.25) is 0 Å². The van der Waals surface area contributed by atoms with Gasteiger partial charge in [-0.25, -0.2) is 4.98 Å². The first-order valence-electron chi connectivity index (χ1n) is 8.25. The maximum atomic E-state index is 13.0. The summed E-state index contributed by atoms with van der Waals surface area (Å²) in [4.78, 5) is 29.9. The molecule has 1 aliphatic rings. The zero-order chi connectivity index (χ0) is 18.3. The number of benzene rings is 2. The summed E-state index contributed by atoms with van der Waals surface area (Å²) in [5.41, 5.74) is 6.64. The summed E-state index contributed by atoms with van der Waals surface area (Å²) in [6.07, 6.45) is 1.71. The van der Waals surface area contributed by atoms with Gasteiger partial charge in [-0.15, -0.1) is 11.3 Å². The third kappa shape index (κ3) is 2.78. The predicted octanol–water partition coefficient (Wildman–Crippen LogP) is 3.76. The highest BCUT2D eigenvalue weighted by Gasteiger charge is 2.33. The number of nitro groups is 1. The highest BCUT2D eigenvalue weighted by atomic mass is 32.1. The maximum absolute atomic E-state index is 13.0. The third-order valence-electron chi connectivity index (χ3n) is 4.58. The fraction of sp³-hybridized carbons (Fsp3) is 0.222. The Labute approximate surface area is 153 Å². The molecule has 2 heterocycles. The second-order valence-corrected chi connectivity index (χ2v) is 7.27. The SMILES string of the molecule is Nc1ccc(C(=O)N2CCCC2c2nc3ccccc3s2)cc1[N+](=O)[O-]. The smallest absolute Gasteiger partial charge is 0.292 e. The summed E-state index contributed by atoms with van der Waals surface area (Å²) in [6, 6.07) is 12.0. The molecule has 1 saturated heterocycles. The van der Waals surface area contributed by atoms with Gasteiger partial charge in [-0.05, 0) is 37.1 Å². The van der Waals surface area contributed by atoms with Crippen molar-refractivity contribution in [1.82, 2.24) is 9.88 Å². The number of carbonyl (C=O) groups is 1. The van der Waals surface area contributed by atoms with Crippen LogP contribution in [0.15, 0.2) is 42.5 Å². The van der Waals surface area contributed by atoms with E-state index in [2.05, 4.69) is 4.98 Å². The fourth-order valence-electron chi connectivity index (χ4n) is 3.30. The molecule has 8 heteroatoms. The quantitative estimate of drug-likeness (QED) is 0.431. The number of nitrogens with two attached hydrogens (primary N) is 1. The van der Waals surface area contributed by atoms with Gasteiger partial charge >= 0.3 is 0 Å². The van der Waals surface area contributed by atoms with Gasteiger partial charge in [0.1, 0.15) is 10.7 Å². The Hall–Kier alpha value is -3.00. The highest BCUT2D eigenvalue weighted by molar-refractivity contribution is 7.18. The lowest BCUT2D eigenvalue weighted by molar-refractivity contribution is -0.383. The van der Waals surface area contributed by atoms with Gasteiger partial charge in [0, 0.05) is 18.2 Å². The van der Waals surface area contributed by atoms with Crippen molar-refractivity contribution in [3.8, 4) is 0 Å². The van der Waals surface area contributed by atoms with Gasteiger partial charge in [0.25, 0.3) is 11.6 Å². The molecule has 4 rings (SSSR count). The van der Waals surface area contributed by atoms with Gasteiger partial charge in [0.05, 0.1) is 21.2 Å². The lowest BCUT2D eigenvalue weighted by atomic mass is 10.1. The zero-order valence-electron chi connectivity index (χ0n) is 13.8. The first-order chi connectivity index (χ1) is 12.5. The molecule has 1 amide bonds. The number of hydrogen-bond acceptors (Lipinski definition) is 6. The van der Waals surface area contributed by atoms with Crippen LogP contribution in [0.25, 0.3) is 10.2 Å². The van der Waals surface area contributed by atoms with E-state index in [0.717, 1.165) is 28.1 Å². The van der Waals surface area contributed by atoms with E-state index in [1.807, 2.05) is 24.3 Å². The summed E-state index contributed by atoms with van der Waals surface area (Å²) in [5.74, 6) is -0.227. The molecule has 3 aromatic rings. The molecular weight excluding hydrogens is 352 g/mol. The van der Waals surface area contributed by atoms with Crippen molar-refractivity contribution in [1.29, 1.82) is 0 Å². The van der Waals surface area contributed by atoms with Crippen LogP contribution >= 0.6 is 11.3 Å². The van der Waals surface area contributed by atoms with E-state index in [4.69, 9.17) is 5.73 Å².